The zero-order chi connectivity index (χ0) is 15.8. The summed E-state index contributed by atoms with van der Waals surface area (Å²) in [6.07, 6.45) is 3.90. The van der Waals surface area contributed by atoms with Crippen molar-refractivity contribution in [1.29, 1.82) is 0 Å². The summed E-state index contributed by atoms with van der Waals surface area (Å²) in [5.74, 6) is 1.03. The van der Waals surface area contributed by atoms with E-state index in [9.17, 15) is 0 Å². The first kappa shape index (κ1) is 17.0. The number of aryl methyl sites for hydroxylation is 1. The highest BCUT2D eigenvalue weighted by molar-refractivity contribution is 7.99. The Morgan fingerprint density at radius 1 is 1.09 bits per heavy atom. The fourth-order valence-electron chi connectivity index (χ4n) is 2.49. The van der Waals surface area contributed by atoms with E-state index in [1.807, 2.05) is 24.4 Å². The molecule has 0 aliphatic carbocycles. The Morgan fingerprint density at radius 3 is 2.59 bits per heavy atom. The number of aromatic nitrogens is 1. The summed E-state index contributed by atoms with van der Waals surface area (Å²) in [5.41, 5.74) is 2.44. The van der Waals surface area contributed by atoms with Crippen LogP contribution in [0.1, 0.15) is 38.3 Å². The van der Waals surface area contributed by atoms with Gasteiger partial charge in [0.25, 0.3) is 0 Å². The maximum absolute atomic E-state index is 6.16. The summed E-state index contributed by atoms with van der Waals surface area (Å²) in [6, 6.07) is 14.6. The standard InChI is InChI=1S/C19H25NOS/c1-4-16-10-5-6-11-17(16)19(2,3)21-14-9-15-22-18-12-7-8-13-20-18/h5-8,10-13H,4,9,14-15H2,1-3H3. The van der Waals surface area contributed by atoms with Crippen LogP contribution in [0.2, 0.25) is 0 Å². The molecule has 2 rings (SSSR count). The molecule has 3 heteroatoms. The highest BCUT2D eigenvalue weighted by atomic mass is 32.2. The number of thioether (sulfide) groups is 1. The predicted molar refractivity (Wildman–Crippen MR) is 94.4 cm³/mol. The Morgan fingerprint density at radius 2 is 1.86 bits per heavy atom. The summed E-state index contributed by atoms with van der Waals surface area (Å²) >= 11 is 1.78. The third-order valence-corrected chi connectivity index (χ3v) is 4.72. The first-order valence-corrected chi connectivity index (χ1v) is 8.88. The van der Waals surface area contributed by atoms with E-state index in [1.54, 1.807) is 11.8 Å². The Kier molecular flexibility index (Phi) is 6.47. The van der Waals surface area contributed by atoms with Gasteiger partial charge < -0.3 is 4.74 Å². The quantitative estimate of drug-likeness (QED) is 0.501. The Labute approximate surface area is 138 Å². The second-order valence-electron chi connectivity index (χ2n) is 5.74. The van der Waals surface area contributed by atoms with Gasteiger partial charge in [0.2, 0.25) is 0 Å². The topological polar surface area (TPSA) is 22.1 Å². The van der Waals surface area contributed by atoms with Gasteiger partial charge in [-0.15, -0.1) is 11.8 Å². The van der Waals surface area contributed by atoms with Crippen LogP contribution >= 0.6 is 11.8 Å². The van der Waals surface area contributed by atoms with Crippen molar-refractivity contribution >= 4 is 11.8 Å². The molecule has 0 unspecified atom stereocenters. The van der Waals surface area contributed by atoms with Gasteiger partial charge in [-0.05, 0) is 49.9 Å². The van der Waals surface area contributed by atoms with Gasteiger partial charge in [-0.2, -0.15) is 0 Å². The van der Waals surface area contributed by atoms with Crippen molar-refractivity contribution in [3.8, 4) is 0 Å². The van der Waals surface area contributed by atoms with Gasteiger partial charge in [0.1, 0.15) is 0 Å². The number of pyridine rings is 1. The third kappa shape index (κ3) is 4.85. The maximum atomic E-state index is 6.16. The summed E-state index contributed by atoms with van der Waals surface area (Å²) in [5, 5.41) is 1.08. The van der Waals surface area contributed by atoms with E-state index < -0.39 is 0 Å². The second kappa shape index (κ2) is 8.35. The minimum absolute atomic E-state index is 0.234. The lowest BCUT2D eigenvalue weighted by molar-refractivity contribution is -0.0214. The van der Waals surface area contributed by atoms with Gasteiger partial charge in [-0.1, -0.05) is 37.3 Å². The van der Waals surface area contributed by atoms with E-state index in [-0.39, 0.29) is 5.60 Å². The Bertz CT molecular complexity index is 569. The third-order valence-electron chi connectivity index (χ3n) is 3.69. The zero-order valence-electron chi connectivity index (χ0n) is 13.7. The first-order valence-electron chi connectivity index (χ1n) is 7.89. The largest absolute Gasteiger partial charge is 0.371 e. The second-order valence-corrected chi connectivity index (χ2v) is 6.85. The van der Waals surface area contributed by atoms with Crippen LogP contribution in [-0.2, 0) is 16.8 Å². The molecule has 0 aliphatic heterocycles. The monoisotopic (exact) mass is 315 g/mol. The number of hydrogen-bond acceptors (Lipinski definition) is 3. The van der Waals surface area contributed by atoms with Gasteiger partial charge in [0.05, 0.1) is 10.6 Å². The molecule has 2 aromatic rings. The summed E-state index contributed by atoms with van der Waals surface area (Å²) < 4.78 is 6.16. The van der Waals surface area contributed by atoms with Gasteiger partial charge in [-0.3, -0.25) is 0 Å². The molecule has 22 heavy (non-hydrogen) atoms. The molecule has 0 bridgehead atoms. The molecule has 2 nitrogen and oxygen atoms in total. The SMILES string of the molecule is CCc1ccccc1C(C)(C)OCCCSc1ccccn1. The molecular formula is C19H25NOS. The van der Waals surface area contributed by atoms with Gasteiger partial charge in [0.15, 0.2) is 0 Å². The maximum Gasteiger partial charge on any atom is 0.0959 e. The molecule has 0 spiro atoms. The molecule has 1 aromatic carbocycles. The van der Waals surface area contributed by atoms with Crippen LogP contribution < -0.4 is 0 Å². The lowest BCUT2D eigenvalue weighted by atomic mass is 9.92. The number of ether oxygens (including phenoxy) is 1. The van der Waals surface area contributed by atoms with Crippen LogP contribution in [0.5, 0.6) is 0 Å². The Balaban J connectivity index is 1.80. The van der Waals surface area contributed by atoms with Crippen LogP contribution in [0.3, 0.4) is 0 Å². The summed E-state index contributed by atoms with van der Waals surface area (Å²) in [4.78, 5) is 4.32. The summed E-state index contributed by atoms with van der Waals surface area (Å²) in [6.45, 7) is 7.28. The molecule has 0 amide bonds. The molecule has 0 fully saturated rings. The highest BCUT2D eigenvalue weighted by Gasteiger charge is 2.23. The molecule has 0 saturated heterocycles. The zero-order valence-corrected chi connectivity index (χ0v) is 14.5. The molecule has 0 saturated carbocycles. The van der Waals surface area contributed by atoms with Gasteiger partial charge in [-0.25, -0.2) is 4.98 Å². The lowest BCUT2D eigenvalue weighted by Crippen LogP contribution is -2.24. The molecular weight excluding hydrogens is 290 g/mol. The van der Waals surface area contributed by atoms with E-state index in [1.165, 1.54) is 11.1 Å². The molecule has 0 atom stereocenters. The number of rotatable bonds is 8. The average Bonchev–Trinajstić information content (AvgIpc) is 2.55. The van der Waals surface area contributed by atoms with E-state index in [0.29, 0.717) is 0 Å². The molecule has 0 N–H and O–H groups in total. The van der Waals surface area contributed by atoms with Crippen LogP contribution in [0.15, 0.2) is 53.7 Å². The normalized spacial score (nSPS) is 11.6. The van der Waals surface area contributed by atoms with Crippen molar-refractivity contribution in [1.82, 2.24) is 4.98 Å². The fourth-order valence-corrected chi connectivity index (χ4v) is 3.27. The Hall–Kier alpha value is -1.32. The van der Waals surface area contributed by atoms with E-state index >= 15 is 0 Å². The first-order chi connectivity index (χ1) is 10.6. The van der Waals surface area contributed by atoms with Crippen molar-refractivity contribution in [2.24, 2.45) is 0 Å². The fraction of sp³-hybridized carbons (Fsp3) is 0.421. The van der Waals surface area contributed by atoms with Crippen molar-refractivity contribution in [2.75, 3.05) is 12.4 Å². The summed E-state index contributed by atoms with van der Waals surface area (Å²) in [7, 11) is 0. The van der Waals surface area contributed by atoms with E-state index in [0.717, 1.165) is 30.2 Å². The molecule has 1 aromatic heterocycles. The predicted octanol–water partition coefficient (Wildman–Crippen LogP) is 5.08. The molecule has 1 heterocycles. The molecule has 0 radical (unpaired) electrons. The van der Waals surface area contributed by atoms with Crippen molar-refractivity contribution < 1.29 is 4.74 Å². The van der Waals surface area contributed by atoms with Crippen LogP contribution in [0.25, 0.3) is 0 Å². The number of hydrogen-bond donors (Lipinski definition) is 0. The van der Waals surface area contributed by atoms with E-state index in [4.69, 9.17) is 4.74 Å². The van der Waals surface area contributed by atoms with Crippen LogP contribution in [0, 0.1) is 0 Å². The van der Waals surface area contributed by atoms with Crippen molar-refractivity contribution in [3.05, 3.63) is 59.8 Å². The molecule has 0 aliphatic rings. The number of nitrogens with zero attached hydrogens (tertiary/aromatic N) is 1. The minimum Gasteiger partial charge on any atom is -0.371 e. The highest BCUT2D eigenvalue weighted by Crippen LogP contribution is 2.28. The van der Waals surface area contributed by atoms with Gasteiger partial charge in [0, 0.05) is 18.6 Å². The van der Waals surface area contributed by atoms with E-state index in [2.05, 4.69) is 50.0 Å². The lowest BCUT2D eigenvalue weighted by Gasteiger charge is -2.28. The van der Waals surface area contributed by atoms with Gasteiger partial charge >= 0.3 is 0 Å². The molecule has 118 valence electrons. The minimum atomic E-state index is -0.234. The number of benzene rings is 1. The van der Waals surface area contributed by atoms with Crippen molar-refractivity contribution in [3.63, 3.8) is 0 Å². The smallest absolute Gasteiger partial charge is 0.0959 e. The van der Waals surface area contributed by atoms with Crippen molar-refractivity contribution in [2.45, 2.75) is 44.2 Å². The van der Waals surface area contributed by atoms with Crippen LogP contribution in [-0.4, -0.2) is 17.3 Å². The average molecular weight is 315 g/mol. The van der Waals surface area contributed by atoms with Crippen LogP contribution in [0.4, 0.5) is 0 Å².